The number of fused-ring (bicyclic) bond motifs is 1. The van der Waals surface area contributed by atoms with Crippen LogP contribution >= 0.6 is 0 Å². The number of para-hydroxylation sites is 1. The minimum Gasteiger partial charge on any atom is -0.313 e. The summed E-state index contributed by atoms with van der Waals surface area (Å²) in [5.41, 5.74) is 1.53. The van der Waals surface area contributed by atoms with E-state index in [4.69, 9.17) is 0 Å². The molecule has 21 heavy (non-hydrogen) atoms. The molecule has 0 unspecified atom stereocenters. The van der Waals surface area contributed by atoms with Gasteiger partial charge in [0.25, 0.3) is 0 Å². The number of aryl methyl sites for hydroxylation is 1. The fourth-order valence-electron chi connectivity index (χ4n) is 2.29. The summed E-state index contributed by atoms with van der Waals surface area (Å²) < 4.78 is 27.5. The maximum atomic E-state index is 12.4. The lowest BCUT2D eigenvalue weighted by molar-refractivity contribution is 0.576. The molecule has 0 bridgehead atoms. The van der Waals surface area contributed by atoms with Crippen molar-refractivity contribution in [1.29, 1.82) is 0 Å². The second kappa shape index (κ2) is 5.71. The molecule has 0 aliphatic heterocycles. The molecule has 0 saturated heterocycles. The van der Waals surface area contributed by atoms with Gasteiger partial charge in [-0.15, -0.1) is 0 Å². The predicted molar refractivity (Wildman–Crippen MR) is 82.7 cm³/mol. The minimum absolute atomic E-state index is 0.242. The first-order valence-corrected chi connectivity index (χ1v) is 8.63. The Morgan fingerprint density at radius 3 is 2.86 bits per heavy atom. The minimum atomic E-state index is -3.53. The maximum Gasteiger partial charge on any atom is 0.242 e. The average molecular weight is 305 g/mol. The van der Waals surface area contributed by atoms with E-state index in [0.717, 1.165) is 10.9 Å². The zero-order valence-electron chi connectivity index (χ0n) is 12.0. The van der Waals surface area contributed by atoms with Crippen LogP contribution in [0.15, 0.2) is 35.4 Å². The molecule has 1 heterocycles. The Balaban J connectivity index is 1.80. The number of nitrogens with one attached hydrogen (secondary N) is 2. The molecule has 1 aliphatic rings. The van der Waals surface area contributed by atoms with Crippen molar-refractivity contribution in [2.75, 3.05) is 13.1 Å². The lowest BCUT2D eigenvalue weighted by Gasteiger charge is -2.09. The van der Waals surface area contributed by atoms with E-state index >= 15 is 0 Å². The summed E-state index contributed by atoms with van der Waals surface area (Å²) in [5.74, 6) is 0. The van der Waals surface area contributed by atoms with Crippen molar-refractivity contribution in [1.82, 2.24) is 15.0 Å². The number of sulfonamides is 1. The van der Waals surface area contributed by atoms with E-state index in [2.05, 4.69) is 15.0 Å². The van der Waals surface area contributed by atoms with Gasteiger partial charge in [-0.2, -0.15) is 0 Å². The molecule has 6 heteroatoms. The third-order valence-corrected chi connectivity index (χ3v) is 5.02. The van der Waals surface area contributed by atoms with Gasteiger partial charge >= 0.3 is 0 Å². The van der Waals surface area contributed by atoms with Gasteiger partial charge in [-0.25, -0.2) is 13.1 Å². The van der Waals surface area contributed by atoms with Crippen molar-refractivity contribution in [2.45, 2.75) is 30.7 Å². The van der Waals surface area contributed by atoms with Gasteiger partial charge in [0.15, 0.2) is 0 Å². The number of hydrogen-bond donors (Lipinski definition) is 2. The van der Waals surface area contributed by atoms with Crippen LogP contribution in [0.1, 0.15) is 18.4 Å². The molecule has 2 N–H and O–H groups in total. The monoisotopic (exact) mass is 305 g/mol. The van der Waals surface area contributed by atoms with E-state index in [9.17, 15) is 8.42 Å². The zero-order valence-corrected chi connectivity index (χ0v) is 12.8. The Hall–Kier alpha value is -1.50. The van der Waals surface area contributed by atoms with Crippen molar-refractivity contribution >= 4 is 20.9 Å². The average Bonchev–Trinajstić information content (AvgIpc) is 3.27. The largest absolute Gasteiger partial charge is 0.313 e. The number of hydrogen-bond acceptors (Lipinski definition) is 4. The van der Waals surface area contributed by atoms with Gasteiger partial charge in [-0.05, 0) is 37.5 Å². The SMILES string of the molecule is Cc1cnc2c(S(=O)(=O)NCCNC3CC3)cccc2c1. The zero-order chi connectivity index (χ0) is 14.9. The van der Waals surface area contributed by atoms with Gasteiger partial charge in [-0.3, -0.25) is 4.98 Å². The predicted octanol–water partition coefficient (Wildman–Crippen LogP) is 1.57. The summed E-state index contributed by atoms with van der Waals surface area (Å²) >= 11 is 0. The van der Waals surface area contributed by atoms with Crippen LogP contribution in [0.2, 0.25) is 0 Å². The molecule has 1 aromatic heterocycles. The molecule has 1 saturated carbocycles. The summed E-state index contributed by atoms with van der Waals surface area (Å²) in [6.07, 6.45) is 4.08. The van der Waals surface area contributed by atoms with Gasteiger partial charge in [0.2, 0.25) is 10.0 Å². The molecule has 0 amide bonds. The van der Waals surface area contributed by atoms with Gasteiger partial charge < -0.3 is 5.32 Å². The van der Waals surface area contributed by atoms with E-state index in [-0.39, 0.29) is 4.90 Å². The summed E-state index contributed by atoms with van der Waals surface area (Å²) in [7, 11) is -3.53. The molecule has 1 aromatic carbocycles. The Morgan fingerprint density at radius 1 is 1.29 bits per heavy atom. The molecular formula is C15H19N3O2S. The van der Waals surface area contributed by atoms with Crippen LogP contribution in [0, 0.1) is 6.92 Å². The first-order valence-electron chi connectivity index (χ1n) is 7.15. The highest BCUT2D eigenvalue weighted by atomic mass is 32.2. The van der Waals surface area contributed by atoms with Crippen molar-refractivity contribution in [3.8, 4) is 0 Å². The van der Waals surface area contributed by atoms with Crippen molar-refractivity contribution in [3.05, 3.63) is 36.0 Å². The Morgan fingerprint density at radius 2 is 2.10 bits per heavy atom. The molecule has 0 radical (unpaired) electrons. The Bertz CT molecular complexity index is 755. The molecule has 1 fully saturated rings. The lowest BCUT2D eigenvalue weighted by Crippen LogP contribution is -2.32. The van der Waals surface area contributed by atoms with Crippen LogP contribution in [-0.4, -0.2) is 32.5 Å². The topological polar surface area (TPSA) is 71.1 Å². The Labute approximate surface area is 124 Å². The van der Waals surface area contributed by atoms with Crippen LogP contribution in [0.4, 0.5) is 0 Å². The van der Waals surface area contributed by atoms with Crippen LogP contribution in [0.25, 0.3) is 10.9 Å². The van der Waals surface area contributed by atoms with Gasteiger partial charge in [0.1, 0.15) is 4.90 Å². The van der Waals surface area contributed by atoms with E-state index in [1.54, 1.807) is 18.3 Å². The fourth-order valence-corrected chi connectivity index (χ4v) is 3.50. The van der Waals surface area contributed by atoms with Crippen LogP contribution in [0.3, 0.4) is 0 Å². The van der Waals surface area contributed by atoms with Gasteiger partial charge in [-0.1, -0.05) is 12.1 Å². The highest BCUT2D eigenvalue weighted by molar-refractivity contribution is 7.89. The number of aromatic nitrogens is 1. The van der Waals surface area contributed by atoms with Crippen molar-refractivity contribution in [2.24, 2.45) is 0 Å². The maximum absolute atomic E-state index is 12.4. The van der Waals surface area contributed by atoms with Crippen LogP contribution in [0.5, 0.6) is 0 Å². The summed E-state index contributed by atoms with van der Waals surface area (Å²) in [4.78, 5) is 4.52. The molecule has 1 aliphatic carbocycles. The summed E-state index contributed by atoms with van der Waals surface area (Å²) in [6.45, 7) is 2.98. The molecular weight excluding hydrogens is 286 g/mol. The smallest absolute Gasteiger partial charge is 0.242 e. The molecule has 0 spiro atoms. The molecule has 112 valence electrons. The second-order valence-electron chi connectivity index (χ2n) is 5.47. The first kappa shape index (κ1) is 14.4. The summed E-state index contributed by atoms with van der Waals surface area (Å²) in [5, 5.41) is 4.12. The van der Waals surface area contributed by atoms with Gasteiger partial charge in [0.05, 0.1) is 5.52 Å². The molecule has 0 atom stereocenters. The lowest BCUT2D eigenvalue weighted by atomic mass is 10.2. The van der Waals surface area contributed by atoms with E-state index in [1.807, 2.05) is 19.1 Å². The second-order valence-corrected chi connectivity index (χ2v) is 7.20. The number of benzene rings is 1. The molecule has 2 aromatic rings. The van der Waals surface area contributed by atoms with Crippen LogP contribution in [-0.2, 0) is 10.0 Å². The fraction of sp³-hybridized carbons (Fsp3) is 0.400. The standard InChI is InChI=1S/C15H19N3O2S/c1-11-9-12-3-2-4-14(15(12)17-10-11)21(19,20)18-8-7-16-13-5-6-13/h2-4,9-10,13,16,18H,5-8H2,1H3. The van der Waals surface area contributed by atoms with E-state index in [0.29, 0.717) is 24.6 Å². The number of rotatable bonds is 6. The normalized spacial score (nSPS) is 15.5. The summed E-state index contributed by atoms with van der Waals surface area (Å²) in [6, 6.07) is 7.75. The number of nitrogens with zero attached hydrogens (tertiary/aromatic N) is 1. The van der Waals surface area contributed by atoms with Crippen molar-refractivity contribution < 1.29 is 8.42 Å². The Kier molecular flexibility index (Phi) is 3.93. The third-order valence-electron chi connectivity index (χ3n) is 3.53. The molecule has 3 rings (SSSR count). The van der Waals surface area contributed by atoms with Crippen LogP contribution < -0.4 is 10.0 Å². The quantitative estimate of drug-likeness (QED) is 0.795. The highest BCUT2D eigenvalue weighted by Crippen LogP contribution is 2.21. The molecule has 5 nitrogen and oxygen atoms in total. The van der Waals surface area contributed by atoms with Gasteiger partial charge in [0, 0.05) is 30.7 Å². The third kappa shape index (κ3) is 3.40. The van der Waals surface area contributed by atoms with E-state index in [1.165, 1.54) is 12.8 Å². The number of pyridine rings is 1. The van der Waals surface area contributed by atoms with Crippen molar-refractivity contribution in [3.63, 3.8) is 0 Å². The highest BCUT2D eigenvalue weighted by Gasteiger charge is 2.21. The first-order chi connectivity index (χ1) is 10.1. The van der Waals surface area contributed by atoms with E-state index < -0.39 is 10.0 Å².